The molecular formula is C22H23N3O5S. The van der Waals surface area contributed by atoms with Gasteiger partial charge in [-0.3, -0.25) is 4.79 Å². The van der Waals surface area contributed by atoms with Crippen LogP contribution >= 0.6 is 11.8 Å². The van der Waals surface area contributed by atoms with Crippen LogP contribution in [0.5, 0.6) is 5.75 Å². The Labute approximate surface area is 184 Å². The van der Waals surface area contributed by atoms with Crippen molar-refractivity contribution in [2.24, 2.45) is 0 Å². The lowest BCUT2D eigenvalue weighted by Gasteiger charge is -2.07. The van der Waals surface area contributed by atoms with Crippen molar-refractivity contribution >= 4 is 29.3 Å². The van der Waals surface area contributed by atoms with Gasteiger partial charge in [0.2, 0.25) is 5.91 Å². The van der Waals surface area contributed by atoms with Crippen LogP contribution in [0.3, 0.4) is 0 Å². The van der Waals surface area contributed by atoms with Crippen LogP contribution in [-0.4, -0.2) is 34.9 Å². The molecule has 1 aromatic heterocycles. The molecule has 0 unspecified atom stereocenters. The third kappa shape index (κ3) is 6.58. The van der Waals surface area contributed by atoms with Gasteiger partial charge in [-0.2, -0.15) is 0 Å². The molecule has 0 bridgehead atoms. The van der Waals surface area contributed by atoms with Crippen LogP contribution in [0.2, 0.25) is 0 Å². The standard InChI is InChI=1S/C22H23N3O5S/c1-14(2)15-7-9-18(10-8-15)29-12-20-24-25-22(30-20)31-13-19(26)23-17-6-4-5-16(11-17)21(27)28-3/h4-11,14H,12-13H2,1-3H3,(H,23,26). The molecule has 8 nitrogen and oxygen atoms in total. The molecule has 0 saturated heterocycles. The number of carbonyl (C=O) groups is 2. The summed E-state index contributed by atoms with van der Waals surface area (Å²) in [6.45, 7) is 4.40. The molecule has 2 aromatic carbocycles. The Morgan fingerprint density at radius 3 is 2.61 bits per heavy atom. The minimum atomic E-state index is -0.470. The molecule has 0 atom stereocenters. The Hall–Kier alpha value is -3.33. The van der Waals surface area contributed by atoms with Crippen molar-refractivity contribution in [3.63, 3.8) is 0 Å². The summed E-state index contributed by atoms with van der Waals surface area (Å²) in [5.41, 5.74) is 2.09. The zero-order chi connectivity index (χ0) is 22.2. The molecule has 0 aliphatic heterocycles. The summed E-state index contributed by atoms with van der Waals surface area (Å²) in [6, 6.07) is 14.4. The molecule has 3 aromatic rings. The Bertz CT molecular complexity index is 1030. The summed E-state index contributed by atoms with van der Waals surface area (Å²) in [7, 11) is 1.30. The zero-order valence-electron chi connectivity index (χ0n) is 17.5. The second kappa shape index (κ2) is 10.6. The Kier molecular flexibility index (Phi) is 7.66. The molecule has 3 rings (SSSR count). The number of hydrogen-bond donors (Lipinski definition) is 1. The average molecular weight is 442 g/mol. The van der Waals surface area contributed by atoms with E-state index in [1.807, 2.05) is 24.3 Å². The van der Waals surface area contributed by atoms with E-state index in [9.17, 15) is 9.59 Å². The molecule has 0 aliphatic carbocycles. The van der Waals surface area contributed by atoms with Crippen molar-refractivity contribution in [2.75, 3.05) is 18.2 Å². The predicted octanol–water partition coefficient (Wildman–Crippen LogP) is 4.29. The van der Waals surface area contributed by atoms with Gasteiger partial charge in [-0.15, -0.1) is 10.2 Å². The fourth-order valence-corrected chi connectivity index (χ4v) is 3.20. The van der Waals surface area contributed by atoms with E-state index in [0.29, 0.717) is 28.8 Å². The highest BCUT2D eigenvalue weighted by molar-refractivity contribution is 7.99. The number of anilines is 1. The maximum Gasteiger partial charge on any atom is 0.337 e. The van der Waals surface area contributed by atoms with E-state index in [4.69, 9.17) is 9.15 Å². The Morgan fingerprint density at radius 2 is 1.90 bits per heavy atom. The number of aromatic nitrogens is 2. The number of benzene rings is 2. The number of esters is 1. The number of methoxy groups -OCH3 is 1. The fraction of sp³-hybridized carbons (Fsp3) is 0.273. The highest BCUT2D eigenvalue weighted by atomic mass is 32.2. The first-order valence-electron chi connectivity index (χ1n) is 9.60. The van der Waals surface area contributed by atoms with E-state index < -0.39 is 5.97 Å². The lowest BCUT2D eigenvalue weighted by atomic mass is 10.0. The highest BCUT2D eigenvalue weighted by Crippen LogP contribution is 2.21. The first kappa shape index (κ1) is 22.4. The smallest absolute Gasteiger partial charge is 0.337 e. The summed E-state index contributed by atoms with van der Waals surface area (Å²) < 4.78 is 15.8. The first-order chi connectivity index (χ1) is 14.9. The third-order valence-corrected chi connectivity index (χ3v) is 5.07. The average Bonchev–Trinajstić information content (AvgIpc) is 3.24. The molecule has 1 heterocycles. The number of thioether (sulfide) groups is 1. The van der Waals surface area contributed by atoms with Crippen LogP contribution in [0, 0.1) is 0 Å². The number of carbonyl (C=O) groups excluding carboxylic acids is 2. The molecule has 0 aliphatic rings. The topological polar surface area (TPSA) is 104 Å². The van der Waals surface area contributed by atoms with Gasteiger partial charge < -0.3 is 19.2 Å². The van der Waals surface area contributed by atoms with Crippen LogP contribution in [0.1, 0.15) is 41.6 Å². The van der Waals surface area contributed by atoms with Gasteiger partial charge in [-0.25, -0.2) is 4.79 Å². The van der Waals surface area contributed by atoms with Gasteiger partial charge in [0.15, 0.2) is 6.61 Å². The number of ether oxygens (including phenoxy) is 2. The first-order valence-corrected chi connectivity index (χ1v) is 10.6. The van der Waals surface area contributed by atoms with Gasteiger partial charge in [-0.05, 0) is 41.8 Å². The SMILES string of the molecule is COC(=O)c1cccc(NC(=O)CSc2nnc(COc3ccc(C(C)C)cc3)o2)c1. The number of rotatable bonds is 9. The monoisotopic (exact) mass is 441 g/mol. The summed E-state index contributed by atoms with van der Waals surface area (Å²) in [5.74, 6) is 0.822. The molecule has 0 radical (unpaired) electrons. The normalized spacial score (nSPS) is 10.7. The number of nitrogens with zero attached hydrogens (tertiary/aromatic N) is 2. The maximum absolute atomic E-state index is 12.2. The van der Waals surface area contributed by atoms with Crippen molar-refractivity contribution < 1.29 is 23.5 Å². The summed E-state index contributed by atoms with van der Waals surface area (Å²) >= 11 is 1.11. The summed E-state index contributed by atoms with van der Waals surface area (Å²) in [4.78, 5) is 23.7. The van der Waals surface area contributed by atoms with E-state index in [1.54, 1.807) is 24.3 Å². The number of nitrogens with one attached hydrogen (secondary N) is 1. The highest BCUT2D eigenvalue weighted by Gasteiger charge is 2.12. The van der Waals surface area contributed by atoms with Gasteiger partial charge in [0.05, 0.1) is 18.4 Å². The number of amides is 1. The second-order valence-corrected chi connectivity index (χ2v) is 7.81. The van der Waals surface area contributed by atoms with Crippen molar-refractivity contribution in [2.45, 2.75) is 31.6 Å². The van der Waals surface area contributed by atoms with Gasteiger partial charge in [0.25, 0.3) is 11.1 Å². The molecule has 1 N–H and O–H groups in total. The van der Waals surface area contributed by atoms with E-state index in [-0.39, 0.29) is 23.5 Å². The summed E-state index contributed by atoms with van der Waals surface area (Å²) in [5, 5.41) is 10.8. The van der Waals surface area contributed by atoms with Crippen LogP contribution in [0.25, 0.3) is 0 Å². The molecule has 162 valence electrons. The van der Waals surface area contributed by atoms with Crippen LogP contribution in [0.15, 0.2) is 58.2 Å². The largest absolute Gasteiger partial charge is 0.484 e. The molecule has 9 heteroatoms. The Balaban J connectivity index is 1.46. The van der Waals surface area contributed by atoms with E-state index in [1.165, 1.54) is 12.7 Å². The maximum atomic E-state index is 12.2. The van der Waals surface area contributed by atoms with E-state index >= 15 is 0 Å². The predicted molar refractivity (Wildman–Crippen MR) is 116 cm³/mol. The zero-order valence-corrected chi connectivity index (χ0v) is 18.3. The minimum Gasteiger partial charge on any atom is -0.484 e. The van der Waals surface area contributed by atoms with Crippen molar-refractivity contribution in [3.05, 3.63) is 65.5 Å². The fourth-order valence-electron chi connectivity index (χ4n) is 2.62. The molecule has 0 saturated carbocycles. The molecule has 0 spiro atoms. The van der Waals surface area contributed by atoms with Gasteiger partial charge in [-0.1, -0.05) is 43.8 Å². The van der Waals surface area contributed by atoms with E-state index in [0.717, 1.165) is 11.8 Å². The third-order valence-electron chi connectivity index (χ3n) is 4.25. The minimum absolute atomic E-state index is 0.0710. The van der Waals surface area contributed by atoms with E-state index in [2.05, 4.69) is 34.1 Å². The Morgan fingerprint density at radius 1 is 1.13 bits per heavy atom. The second-order valence-electron chi connectivity index (χ2n) is 6.88. The van der Waals surface area contributed by atoms with Crippen molar-refractivity contribution in [1.29, 1.82) is 0 Å². The van der Waals surface area contributed by atoms with Crippen LogP contribution in [-0.2, 0) is 16.1 Å². The molecule has 31 heavy (non-hydrogen) atoms. The lowest BCUT2D eigenvalue weighted by Crippen LogP contribution is -2.14. The van der Waals surface area contributed by atoms with Crippen molar-refractivity contribution in [3.8, 4) is 5.75 Å². The molecular weight excluding hydrogens is 418 g/mol. The number of hydrogen-bond acceptors (Lipinski definition) is 8. The van der Waals surface area contributed by atoms with Gasteiger partial charge in [0.1, 0.15) is 5.75 Å². The van der Waals surface area contributed by atoms with Crippen molar-refractivity contribution in [1.82, 2.24) is 10.2 Å². The summed E-state index contributed by atoms with van der Waals surface area (Å²) in [6.07, 6.45) is 0. The molecule has 1 amide bonds. The molecule has 0 fully saturated rings. The van der Waals surface area contributed by atoms with Crippen LogP contribution in [0.4, 0.5) is 5.69 Å². The quantitative estimate of drug-likeness (QED) is 0.387. The van der Waals surface area contributed by atoms with Gasteiger partial charge in [0, 0.05) is 5.69 Å². The van der Waals surface area contributed by atoms with Crippen LogP contribution < -0.4 is 10.1 Å². The van der Waals surface area contributed by atoms with Gasteiger partial charge >= 0.3 is 5.97 Å². The lowest BCUT2D eigenvalue weighted by molar-refractivity contribution is -0.113.